The summed E-state index contributed by atoms with van der Waals surface area (Å²) < 4.78 is 57.5. The van der Waals surface area contributed by atoms with Crippen LogP contribution >= 0.6 is 0 Å². The van der Waals surface area contributed by atoms with Gasteiger partial charge in [0.15, 0.2) is 0 Å². The number of hydrogen-bond acceptors (Lipinski definition) is 8. The van der Waals surface area contributed by atoms with Gasteiger partial charge in [-0.15, -0.1) is 0 Å². The summed E-state index contributed by atoms with van der Waals surface area (Å²) in [6.07, 6.45) is -2.82. The molecule has 2 spiro atoms. The SMILES string of the molecule is CC(C)(C)OC(=O)N1CCC2(CC1)OCCC2O.O=C(OC1CCOC12CCNCC2)C(F)(F)F. The van der Waals surface area contributed by atoms with Crippen LogP contribution in [0.15, 0.2) is 0 Å². The van der Waals surface area contributed by atoms with Gasteiger partial charge in [-0.3, -0.25) is 0 Å². The van der Waals surface area contributed by atoms with Gasteiger partial charge in [0.05, 0.1) is 24.9 Å². The van der Waals surface area contributed by atoms with Gasteiger partial charge in [-0.05, 0) is 66.0 Å². The summed E-state index contributed by atoms with van der Waals surface area (Å²) in [5.74, 6) is -2.12. The van der Waals surface area contributed by atoms with Crippen molar-refractivity contribution in [3.8, 4) is 0 Å². The number of ether oxygens (including phenoxy) is 4. The molecule has 4 fully saturated rings. The highest BCUT2D eigenvalue weighted by molar-refractivity contribution is 5.75. The van der Waals surface area contributed by atoms with Crippen LogP contribution < -0.4 is 5.32 Å². The molecular formula is C23H37F3N2O7. The highest BCUT2D eigenvalue weighted by Gasteiger charge is 2.51. The second kappa shape index (κ2) is 10.8. The Morgan fingerprint density at radius 1 is 0.971 bits per heavy atom. The first-order valence-electron chi connectivity index (χ1n) is 12.2. The van der Waals surface area contributed by atoms with Crippen molar-refractivity contribution in [2.75, 3.05) is 39.4 Å². The Kier molecular flexibility index (Phi) is 8.61. The van der Waals surface area contributed by atoms with Crippen molar-refractivity contribution >= 4 is 12.1 Å². The van der Waals surface area contributed by atoms with E-state index in [2.05, 4.69) is 10.1 Å². The molecule has 1 amide bonds. The molecule has 2 unspecified atom stereocenters. The number of piperidine rings is 2. The minimum Gasteiger partial charge on any atom is -0.453 e. The molecular weight excluding hydrogens is 473 g/mol. The van der Waals surface area contributed by atoms with E-state index in [1.54, 1.807) is 4.90 Å². The first-order chi connectivity index (χ1) is 16.3. The lowest BCUT2D eigenvalue weighted by molar-refractivity contribution is -0.212. The third kappa shape index (κ3) is 6.99. The highest BCUT2D eigenvalue weighted by Crippen LogP contribution is 2.38. The number of aliphatic hydroxyl groups is 1. The molecule has 4 aliphatic rings. The van der Waals surface area contributed by atoms with Crippen LogP contribution in [0.3, 0.4) is 0 Å². The predicted molar refractivity (Wildman–Crippen MR) is 118 cm³/mol. The van der Waals surface area contributed by atoms with E-state index in [9.17, 15) is 27.9 Å². The van der Waals surface area contributed by atoms with Crippen LogP contribution in [0.4, 0.5) is 18.0 Å². The van der Waals surface area contributed by atoms with E-state index >= 15 is 0 Å². The van der Waals surface area contributed by atoms with Crippen LogP contribution in [0.5, 0.6) is 0 Å². The first kappa shape index (κ1) is 27.9. The lowest BCUT2D eigenvalue weighted by Crippen LogP contribution is -2.52. The highest BCUT2D eigenvalue weighted by atomic mass is 19.4. The molecule has 4 saturated heterocycles. The van der Waals surface area contributed by atoms with Crippen molar-refractivity contribution in [3.05, 3.63) is 0 Å². The molecule has 35 heavy (non-hydrogen) atoms. The maximum absolute atomic E-state index is 12.1. The Bertz CT molecular complexity index is 742. The Morgan fingerprint density at radius 3 is 2.06 bits per heavy atom. The number of amides is 1. The number of hydrogen-bond donors (Lipinski definition) is 2. The standard InChI is InChI=1S/C13H23NO4.C10H14F3NO3/c1-12(2,3)18-11(16)14-7-5-13(6-8-14)10(15)4-9-17-13;11-10(12,13)8(15)17-7-1-6-16-9(7)2-4-14-5-3-9/h10,15H,4-9H2,1-3H3;7,14H,1-6H2. The summed E-state index contributed by atoms with van der Waals surface area (Å²) in [6, 6.07) is 0. The van der Waals surface area contributed by atoms with E-state index in [1.807, 2.05) is 20.8 Å². The number of carbonyl (C=O) groups excluding carboxylic acids is 2. The molecule has 12 heteroatoms. The van der Waals surface area contributed by atoms with Crippen molar-refractivity contribution in [2.45, 2.75) is 94.5 Å². The normalized spacial score (nSPS) is 27.9. The van der Waals surface area contributed by atoms with Gasteiger partial charge in [-0.25, -0.2) is 9.59 Å². The lowest BCUT2D eigenvalue weighted by Gasteiger charge is -2.40. The maximum atomic E-state index is 12.1. The number of nitrogens with zero attached hydrogens (tertiary/aromatic N) is 1. The van der Waals surface area contributed by atoms with Crippen LogP contribution in [0, 0.1) is 0 Å². The quantitative estimate of drug-likeness (QED) is 0.519. The van der Waals surface area contributed by atoms with Crippen molar-refractivity contribution in [3.63, 3.8) is 0 Å². The van der Waals surface area contributed by atoms with Gasteiger partial charge in [0, 0.05) is 19.5 Å². The molecule has 0 aromatic carbocycles. The summed E-state index contributed by atoms with van der Waals surface area (Å²) in [5.41, 5.74) is -1.60. The Balaban J connectivity index is 0.000000196. The first-order valence-corrected chi connectivity index (χ1v) is 12.2. The van der Waals surface area contributed by atoms with E-state index in [0.717, 1.165) is 0 Å². The molecule has 9 nitrogen and oxygen atoms in total. The molecule has 0 aromatic rings. The summed E-state index contributed by atoms with van der Waals surface area (Å²) in [7, 11) is 0. The molecule has 2 atom stereocenters. The number of halogens is 3. The van der Waals surface area contributed by atoms with Crippen LogP contribution in [-0.4, -0.2) is 96.6 Å². The minimum atomic E-state index is -4.93. The fraction of sp³-hybridized carbons (Fsp3) is 0.913. The fourth-order valence-corrected chi connectivity index (χ4v) is 5.01. The number of alkyl halides is 3. The number of carbonyl (C=O) groups is 2. The molecule has 0 bridgehead atoms. The van der Waals surface area contributed by atoms with E-state index in [-0.39, 0.29) is 6.09 Å². The second-order valence-electron chi connectivity index (χ2n) is 10.5. The average molecular weight is 511 g/mol. The maximum Gasteiger partial charge on any atom is 0.490 e. The third-order valence-electron chi connectivity index (χ3n) is 6.94. The molecule has 4 rings (SSSR count). The van der Waals surface area contributed by atoms with Crippen LogP contribution in [0.2, 0.25) is 0 Å². The summed E-state index contributed by atoms with van der Waals surface area (Å²) in [4.78, 5) is 24.4. The number of esters is 1. The molecule has 0 radical (unpaired) electrons. The predicted octanol–water partition coefficient (Wildman–Crippen LogP) is 2.54. The van der Waals surface area contributed by atoms with Gasteiger partial charge >= 0.3 is 18.2 Å². The van der Waals surface area contributed by atoms with Gasteiger partial charge in [0.25, 0.3) is 0 Å². The van der Waals surface area contributed by atoms with E-state index < -0.39 is 41.2 Å². The van der Waals surface area contributed by atoms with Gasteiger partial charge in [0.1, 0.15) is 17.3 Å². The molecule has 0 aliphatic carbocycles. The van der Waals surface area contributed by atoms with E-state index in [0.29, 0.717) is 77.9 Å². The van der Waals surface area contributed by atoms with Gasteiger partial charge in [0.2, 0.25) is 0 Å². The Hall–Kier alpha value is -1.63. The third-order valence-corrected chi connectivity index (χ3v) is 6.94. The van der Waals surface area contributed by atoms with Crippen molar-refractivity contribution in [2.24, 2.45) is 0 Å². The Labute approximate surface area is 203 Å². The van der Waals surface area contributed by atoms with E-state index in [4.69, 9.17) is 14.2 Å². The molecule has 0 saturated carbocycles. The van der Waals surface area contributed by atoms with Crippen molar-refractivity contribution in [1.29, 1.82) is 0 Å². The van der Waals surface area contributed by atoms with Gasteiger partial charge in [-0.2, -0.15) is 13.2 Å². The Morgan fingerprint density at radius 2 is 1.54 bits per heavy atom. The minimum absolute atomic E-state index is 0.273. The van der Waals surface area contributed by atoms with Crippen LogP contribution in [-0.2, 0) is 23.7 Å². The topological polar surface area (TPSA) is 107 Å². The summed E-state index contributed by atoms with van der Waals surface area (Å²) >= 11 is 0. The molecule has 202 valence electrons. The number of likely N-dealkylation sites (tertiary alicyclic amines) is 1. The second-order valence-corrected chi connectivity index (χ2v) is 10.5. The van der Waals surface area contributed by atoms with Crippen molar-refractivity contribution in [1.82, 2.24) is 10.2 Å². The number of nitrogens with one attached hydrogen (secondary N) is 1. The monoisotopic (exact) mass is 510 g/mol. The molecule has 4 heterocycles. The summed E-state index contributed by atoms with van der Waals surface area (Å²) in [5, 5.41) is 13.1. The van der Waals surface area contributed by atoms with Crippen LogP contribution in [0.25, 0.3) is 0 Å². The van der Waals surface area contributed by atoms with Crippen molar-refractivity contribution < 1.29 is 46.8 Å². The number of rotatable bonds is 1. The fourth-order valence-electron chi connectivity index (χ4n) is 5.01. The largest absolute Gasteiger partial charge is 0.490 e. The zero-order chi connectivity index (χ0) is 25.9. The van der Waals surface area contributed by atoms with Crippen LogP contribution in [0.1, 0.15) is 59.3 Å². The van der Waals surface area contributed by atoms with E-state index in [1.165, 1.54) is 0 Å². The molecule has 0 aromatic heterocycles. The lowest BCUT2D eigenvalue weighted by atomic mass is 9.86. The molecule has 4 aliphatic heterocycles. The zero-order valence-electron chi connectivity index (χ0n) is 20.6. The molecule has 2 N–H and O–H groups in total. The van der Waals surface area contributed by atoms with Gasteiger partial charge in [-0.1, -0.05) is 0 Å². The number of aliphatic hydroxyl groups excluding tert-OH is 1. The zero-order valence-corrected chi connectivity index (χ0v) is 20.6. The van der Waals surface area contributed by atoms with Gasteiger partial charge < -0.3 is 34.3 Å². The average Bonchev–Trinajstić information content (AvgIpc) is 3.31. The summed E-state index contributed by atoms with van der Waals surface area (Å²) in [6.45, 7) is 9.06. The smallest absolute Gasteiger partial charge is 0.453 e.